The minimum Gasteiger partial charge on any atom is -0.483 e. The van der Waals surface area contributed by atoms with Crippen molar-refractivity contribution < 1.29 is 4.74 Å². The summed E-state index contributed by atoms with van der Waals surface area (Å²) < 4.78 is 6.34. The molecule has 0 radical (unpaired) electrons. The summed E-state index contributed by atoms with van der Waals surface area (Å²) >= 11 is 6.35. The molecular formula is C19H22ClNO. The van der Waals surface area contributed by atoms with E-state index in [1.54, 1.807) is 0 Å². The second-order valence-electron chi connectivity index (χ2n) is 5.91. The van der Waals surface area contributed by atoms with E-state index in [0.717, 1.165) is 48.0 Å². The third-order valence-corrected chi connectivity index (χ3v) is 4.99. The van der Waals surface area contributed by atoms with Crippen LogP contribution in [-0.4, -0.2) is 12.1 Å². The average Bonchev–Trinajstić information content (AvgIpc) is 2.56. The Bertz CT molecular complexity index is 651. The van der Waals surface area contributed by atoms with Crippen molar-refractivity contribution in [3.05, 3.63) is 59.1 Å². The number of anilines is 1. The summed E-state index contributed by atoms with van der Waals surface area (Å²) in [6, 6.07) is 16.4. The van der Waals surface area contributed by atoms with Crippen molar-refractivity contribution in [3.63, 3.8) is 0 Å². The van der Waals surface area contributed by atoms with Gasteiger partial charge in [-0.2, -0.15) is 0 Å². The zero-order chi connectivity index (χ0) is 15.6. The second-order valence-corrected chi connectivity index (χ2v) is 6.31. The Morgan fingerprint density at radius 3 is 2.45 bits per heavy atom. The van der Waals surface area contributed by atoms with Crippen molar-refractivity contribution >= 4 is 17.3 Å². The maximum atomic E-state index is 6.35. The first kappa shape index (κ1) is 15.2. The van der Waals surface area contributed by atoms with Crippen LogP contribution in [0.15, 0.2) is 48.5 Å². The maximum Gasteiger partial charge on any atom is 0.143 e. The smallest absolute Gasteiger partial charge is 0.143 e. The highest BCUT2D eigenvalue weighted by Gasteiger charge is 2.36. The third kappa shape index (κ3) is 2.80. The molecule has 0 saturated carbocycles. The van der Waals surface area contributed by atoms with Gasteiger partial charge in [0.25, 0.3) is 0 Å². The number of hydrogen-bond acceptors (Lipinski definition) is 2. The van der Waals surface area contributed by atoms with Crippen molar-refractivity contribution in [2.75, 3.05) is 11.4 Å². The maximum absolute atomic E-state index is 6.35. The highest BCUT2D eigenvalue weighted by Crippen LogP contribution is 2.40. The quantitative estimate of drug-likeness (QED) is 0.759. The summed E-state index contributed by atoms with van der Waals surface area (Å²) in [7, 11) is 0. The Kier molecular flexibility index (Phi) is 4.30. The highest BCUT2D eigenvalue weighted by molar-refractivity contribution is 6.31. The summed E-state index contributed by atoms with van der Waals surface area (Å²) in [5.74, 6) is 0.976. The van der Waals surface area contributed by atoms with Crippen LogP contribution in [0.3, 0.4) is 0 Å². The number of halogens is 1. The van der Waals surface area contributed by atoms with E-state index >= 15 is 0 Å². The van der Waals surface area contributed by atoms with Crippen molar-refractivity contribution in [2.45, 2.75) is 38.8 Å². The Labute approximate surface area is 137 Å². The molecule has 0 atom stereocenters. The molecule has 0 N–H and O–H groups in total. The Balaban J connectivity index is 1.97. The topological polar surface area (TPSA) is 12.5 Å². The molecule has 0 unspecified atom stereocenters. The lowest BCUT2D eigenvalue weighted by Crippen LogP contribution is -2.50. The summed E-state index contributed by atoms with van der Waals surface area (Å²) in [4.78, 5) is 2.40. The van der Waals surface area contributed by atoms with Crippen LogP contribution in [0, 0.1) is 0 Å². The largest absolute Gasteiger partial charge is 0.483 e. The summed E-state index contributed by atoms with van der Waals surface area (Å²) in [5.41, 5.74) is 2.19. The van der Waals surface area contributed by atoms with Crippen LogP contribution < -0.4 is 9.64 Å². The number of nitrogens with zero attached hydrogens (tertiary/aromatic N) is 1. The first-order valence-corrected chi connectivity index (χ1v) is 8.31. The molecule has 1 aliphatic rings. The molecule has 22 heavy (non-hydrogen) atoms. The molecule has 2 aromatic carbocycles. The highest BCUT2D eigenvalue weighted by atomic mass is 35.5. The molecule has 0 aliphatic carbocycles. The average molecular weight is 316 g/mol. The van der Waals surface area contributed by atoms with E-state index in [4.69, 9.17) is 16.3 Å². The second kappa shape index (κ2) is 6.21. The Morgan fingerprint density at radius 2 is 1.73 bits per heavy atom. The molecule has 0 fully saturated rings. The van der Waals surface area contributed by atoms with Gasteiger partial charge in [-0.1, -0.05) is 55.8 Å². The number of rotatable bonds is 4. The van der Waals surface area contributed by atoms with Gasteiger partial charge in [-0.15, -0.1) is 0 Å². The lowest BCUT2D eigenvalue weighted by Gasteiger charge is -2.44. The lowest BCUT2D eigenvalue weighted by atomic mass is 9.93. The van der Waals surface area contributed by atoms with Crippen LogP contribution in [-0.2, 0) is 6.54 Å². The van der Waals surface area contributed by atoms with Crippen LogP contribution in [0.5, 0.6) is 5.75 Å². The van der Waals surface area contributed by atoms with Gasteiger partial charge in [0.1, 0.15) is 11.4 Å². The van der Waals surface area contributed by atoms with Crippen LogP contribution in [0.1, 0.15) is 32.3 Å². The van der Waals surface area contributed by atoms with Gasteiger partial charge >= 0.3 is 0 Å². The van der Waals surface area contributed by atoms with E-state index in [0.29, 0.717) is 0 Å². The zero-order valence-electron chi connectivity index (χ0n) is 13.2. The van der Waals surface area contributed by atoms with E-state index in [2.05, 4.69) is 43.0 Å². The molecule has 0 amide bonds. The molecular weight excluding hydrogens is 294 g/mol. The first-order chi connectivity index (χ1) is 10.7. The molecule has 3 rings (SSSR count). The number of benzene rings is 2. The predicted molar refractivity (Wildman–Crippen MR) is 92.9 cm³/mol. The van der Waals surface area contributed by atoms with Crippen LogP contribution in [0.4, 0.5) is 5.69 Å². The van der Waals surface area contributed by atoms with Crippen molar-refractivity contribution in [3.8, 4) is 5.75 Å². The first-order valence-electron chi connectivity index (χ1n) is 7.94. The van der Waals surface area contributed by atoms with Crippen molar-refractivity contribution in [1.29, 1.82) is 0 Å². The molecule has 1 heterocycles. The van der Waals surface area contributed by atoms with Gasteiger partial charge in [-0.3, -0.25) is 0 Å². The van der Waals surface area contributed by atoms with Crippen LogP contribution in [0.25, 0.3) is 0 Å². The fourth-order valence-corrected chi connectivity index (χ4v) is 3.29. The SMILES string of the molecule is CCC1(CC)CN(Cc2ccccc2Cl)c2ccccc2O1. The molecule has 3 heteroatoms. The van der Waals surface area contributed by atoms with Gasteiger partial charge in [0, 0.05) is 11.6 Å². The lowest BCUT2D eigenvalue weighted by molar-refractivity contribution is 0.0570. The molecule has 2 aromatic rings. The predicted octanol–water partition coefficient (Wildman–Crippen LogP) is 5.30. The summed E-state index contributed by atoms with van der Waals surface area (Å²) in [6.07, 6.45) is 1.99. The van der Waals surface area contributed by atoms with E-state index in [1.807, 2.05) is 24.3 Å². The third-order valence-electron chi connectivity index (χ3n) is 4.62. The van der Waals surface area contributed by atoms with Gasteiger partial charge < -0.3 is 9.64 Å². The van der Waals surface area contributed by atoms with Gasteiger partial charge in [0.15, 0.2) is 0 Å². The zero-order valence-corrected chi connectivity index (χ0v) is 13.9. The molecule has 0 aromatic heterocycles. The van der Waals surface area contributed by atoms with Crippen molar-refractivity contribution in [1.82, 2.24) is 0 Å². The Hall–Kier alpha value is -1.67. The number of ether oxygens (including phenoxy) is 1. The number of para-hydroxylation sites is 2. The van der Waals surface area contributed by atoms with Gasteiger partial charge in [-0.25, -0.2) is 0 Å². The van der Waals surface area contributed by atoms with Gasteiger partial charge in [0.05, 0.1) is 12.2 Å². The van der Waals surface area contributed by atoms with E-state index < -0.39 is 0 Å². The fourth-order valence-electron chi connectivity index (χ4n) is 3.09. The summed E-state index contributed by atoms with van der Waals surface area (Å²) in [5, 5.41) is 0.824. The molecule has 0 bridgehead atoms. The molecule has 2 nitrogen and oxygen atoms in total. The van der Waals surface area contributed by atoms with Crippen molar-refractivity contribution in [2.24, 2.45) is 0 Å². The van der Waals surface area contributed by atoms with E-state index in [1.165, 1.54) is 0 Å². The number of fused-ring (bicyclic) bond motifs is 1. The minimum atomic E-state index is -0.115. The monoisotopic (exact) mass is 315 g/mol. The van der Waals surface area contributed by atoms with Gasteiger partial charge in [0.2, 0.25) is 0 Å². The molecule has 0 spiro atoms. The van der Waals surface area contributed by atoms with Gasteiger partial charge in [-0.05, 0) is 36.6 Å². The van der Waals surface area contributed by atoms with E-state index in [9.17, 15) is 0 Å². The van der Waals surface area contributed by atoms with Crippen LogP contribution >= 0.6 is 11.6 Å². The molecule has 1 aliphatic heterocycles. The van der Waals surface area contributed by atoms with Crippen LogP contribution in [0.2, 0.25) is 5.02 Å². The molecule has 116 valence electrons. The summed E-state index contributed by atoms with van der Waals surface area (Å²) in [6.45, 7) is 6.10. The standard InChI is InChI=1S/C19H22ClNO/c1-3-19(4-2)14-21(13-15-9-5-6-10-16(15)20)17-11-7-8-12-18(17)22-19/h5-12H,3-4,13-14H2,1-2H3. The molecule has 0 saturated heterocycles. The minimum absolute atomic E-state index is 0.115. The normalized spacial score (nSPS) is 16.0. The fraction of sp³-hybridized carbons (Fsp3) is 0.368. The Morgan fingerprint density at radius 1 is 1.05 bits per heavy atom. The number of hydrogen-bond donors (Lipinski definition) is 0. The van der Waals surface area contributed by atoms with E-state index in [-0.39, 0.29) is 5.60 Å².